The molecule has 0 aliphatic heterocycles. The van der Waals surface area contributed by atoms with Gasteiger partial charge in [0.25, 0.3) is 0 Å². The van der Waals surface area contributed by atoms with Crippen LogP contribution in [0.4, 0.5) is 0 Å². The third-order valence-electron chi connectivity index (χ3n) is 2.57. The Morgan fingerprint density at radius 2 is 2.19 bits per heavy atom. The molecule has 2 rings (SSSR count). The number of nitrogens with zero attached hydrogens (tertiary/aromatic N) is 2. The maximum Gasteiger partial charge on any atom is 0.347 e. The number of benzene rings is 1. The Bertz CT molecular complexity index is 719. The van der Waals surface area contributed by atoms with E-state index in [2.05, 4.69) is 11.1 Å². The largest absolute Gasteiger partial charge is 0.477 e. The highest BCUT2D eigenvalue weighted by atomic mass is 32.2. The fourth-order valence-electron chi connectivity index (χ4n) is 1.69. The Morgan fingerprint density at radius 3 is 2.76 bits per heavy atom. The van der Waals surface area contributed by atoms with Gasteiger partial charge in [-0.1, -0.05) is 24.8 Å². The Morgan fingerprint density at radius 1 is 1.48 bits per heavy atom. The summed E-state index contributed by atoms with van der Waals surface area (Å²) in [7, 11) is 0. The summed E-state index contributed by atoms with van der Waals surface area (Å²) in [6, 6.07) is 7.92. The number of hydrogen-bond acceptors (Lipinski definition) is 6. The minimum absolute atomic E-state index is 0.245. The van der Waals surface area contributed by atoms with E-state index in [0.717, 1.165) is 26.9 Å². The van der Waals surface area contributed by atoms with Crippen molar-refractivity contribution in [1.82, 2.24) is 4.98 Å². The van der Waals surface area contributed by atoms with E-state index in [1.807, 2.05) is 25.1 Å². The molecular weight excluding hydrogens is 324 g/mol. The zero-order chi connectivity index (χ0) is 15.4. The standard InChI is InChI=1S/C14H12N2O2S3/c1-3-19-10-5-4-6-11(9(10)7-15)20-14-16-8(2)12(21-14)13(17)18/h4-6H,3H2,1-2H3,(H,17,18). The van der Waals surface area contributed by atoms with Crippen LogP contribution < -0.4 is 0 Å². The molecule has 0 radical (unpaired) electrons. The first-order chi connectivity index (χ1) is 10.1. The number of hydrogen-bond donors (Lipinski definition) is 1. The summed E-state index contributed by atoms with van der Waals surface area (Å²) in [6.45, 7) is 3.72. The number of rotatable bonds is 5. The summed E-state index contributed by atoms with van der Waals surface area (Å²) in [5.41, 5.74) is 1.13. The number of carboxylic acids is 1. The number of thioether (sulfide) groups is 1. The number of carboxylic acid groups (broad SMARTS) is 1. The zero-order valence-corrected chi connectivity index (χ0v) is 13.9. The number of carbonyl (C=O) groups is 1. The molecule has 1 N–H and O–H groups in total. The van der Waals surface area contributed by atoms with Crippen molar-refractivity contribution in [2.45, 2.75) is 28.0 Å². The summed E-state index contributed by atoms with van der Waals surface area (Å²) >= 11 is 4.09. The second-order valence-electron chi connectivity index (χ2n) is 3.98. The van der Waals surface area contributed by atoms with Crippen molar-refractivity contribution in [1.29, 1.82) is 5.26 Å². The van der Waals surface area contributed by atoms with E-state index in [4.69, 9.17) is 5.11 Å². The van der Waals surface area contributed by atoms with Gasteiger partial charge in [-0.05, 0) is 24.8 Å². The molecule has 7 heteroatoms. The van der Waals surface area contributed by atoms with Crippen LogP contribution in [0.25, 0.3) is 0 Å². The Hall–Kier alpha value is -1.49. The van der Waals surface area contributed by atoms with Crippen molar-refractivity contribution >= 4 is 40.8 Å². The van der Waals surface area contributed by atoms with Gasteiger partial charge in [0.1, 0.15) is 10.9 Å². The van der Waals surface area contributed by atoms with Crippen molar-refractivity contribution < 1.29 is 9.90 Å². The Balaban J connectivity index is 2.36. The van der Waals surface area contributed by atoms with Crippen molar-refractivity contribution in [3.8, 4) is 6.07 Å². The first-order valence-corrected chi connectivity index (χ1v) is 8.73. The highest BCUT2D eigenvalue weighted by Gasteiger charge is 2.16. The molecule has 0 unspecified atom stereocenters. The lowest BCUT2D eigenvalue weighted by atomic mass is 10.2. The van der Waals surface area contributed by atoms with E-state index in [1.165, 1.54) is 11.8 Å². The van der Waals surface area contributed by atoms with Crippen LogP contribution >= 0.6 is 34.9 Å². The molecule has 0 spiro atoms. The van der Waals surface area contributed by atoms with Crippen LogP contribution in [0, 0.1) is 18.3 Å². The van der Waals surface area contributed by atoms with Crippen LogP contribution in [0.1, 0.15) is 27.9 Å². The average molecular weight is 336 g/mol. The van der Waals surface area contributed by atoms with Gasteiger partial charge < -0.3 is 5.11 Å². The fourth-order valence-corrected chi connectivity index (χ4v) is 4.64. The summed E-state index contributed by atoms with van der Waals surface area (Å²) in [6.07, 6.45) is 0. The number of aromatic nitrogens is 1. The van der Waals surface area contributed by atoms with Crippen molar-refractivity contribution in [3.05, 3.63) is 34.3 Å². The number of aromatic carboxylic acids is 1. The first-order valence-electron chi connectivity index (χ1n) is 6.11. The molecule has 0 saturated carbocycles. The van der Waals surface area contributed by atoms with Crippen LogP contribution in [-0.2, 0) is 0 Å². The van der Waals surface area contributed by atoms with Crippen LogP contribution in [-0.4, -0.2) is 21.8 Å². The summed E-state index contributed by atoms with van der Waals surface area (Å²) in [5.74, 6) is -0.0739. The number of nitriles is 1. The molecule has 0 fully saturated rings. The highest BCUT2D eigenvalue weighted by molar-refractivity contribution is 8.01. The van der Waals surface area contributed by atoms with Gasteiger partial charge in [-0.25, -0.2) is 9.78 Å². The van der Waals surface area contributed by atoms with Gasteiger partial charge in [0, 0.05) is 9.79 Å². The molecule has 0 saturated heterocycles. The topological polar surface area (TPSA) is 74.0 Å². The Kier molecular flexibility index (Phi) is 5.28. The molecule has 1 aromatic heterocycles. The van der Waals surface area contributed by atoms with E-state index in [0.29, 0.717) is 15.6 Å². The number of aryl methyl sites for hydroxylation is 1. The van der Waals surface area contributed by atoms with Crippen LogP contribution in [0.3, 0.4) is 0 Å². The maximum atomic E-state index is 11.1. The normalized spacial score (nSPS) is 10.3. The van der Waals surface area contributed by atoms with Crippen LogP contribution in [0.5, 0.6) is 0 Å². The second-order valence-corrected chi connectivity index (χ2v) is 7.57. The van der Waals surface area contributed by atoms with Gasteiger partial charge in [0.05, 0.1) is 11.3 Å². The molecule has 1 aromatic carbocycles. The third kappa shape index (κ3) is 3.59. The quantitative estimate of drug-likeness (QED) is 0.821. The molecule has 0 amide bonds. The maximum absolute atomic E-state index is 11.1. The van der Waals surface area contributed by atoms with E-state index >= 15 is 0 Å². The molecule has 0 aliphatic rings. The lowest BCUT2D eigenvalue weighted by Crippen LogP contribution is -1.94. The van der Waals surface area contributed by atoms with E-state index in [-0.39, 0.29) is 4.88 Å². The predicted octanol–water partition coefficient (Wildman–Crippen LogP) is 4.28. The monoisotopic (exact) mass is 336 g/mol. The van der Waals surface area contributed by atoms with Gasteiger partial charge >= 0.3 is 5.97 Å². The van der Waals surface area contributed by atoms with Crippen LogP contribution in [0.15, 0.2) is 32.3 Å². The molecule has 0 aliphatic carbocycles. The van der Waals surface area contributed by atoms with E-state index in [1.54, 1.807) is 18.7 Å². The van der Waals surface area contributed by atoms with Gasteiger partial charge in [0.2, 0.25) is 0 Å². The summed E-state index contributed by atoms with van der Waals surface area (Å²) in [5, 5.41) is 18.4. The highest BCUT2D eigenvalue weighted by Crippen LogP contribution is 2.37. The lowest BCUT2D eigenvalue weighted by molar-refractivity contribution is 0.0701. The molecule has 21 heavy (non-hydrogen) atoms. The van der Waals surface area contributed by atoms with Crippen molar-refractivity contribution in [3.63, 3.8) is 0 Å². The van der Waals surface area contributed by atoms with E-state index < -0.39 is 5.97 Å². The number of thiazole rings is 1. The van der Waals surface area contributed by atoms with Gasteiger partial charge in [-0.3, -0.25) is 0 Å². The molecule has 0 bridgehead atoms. The predicted molar refractivity (Wildman–Crippen MR) is 85.5 cm³/mol. The summed E-state index contributed by atoms with van der Waals surface area (Å²) in [4.78, 5) is 17.3. The van der Waals surface area contributed by atoms with Crippen molar-refractivity contribution in [2.24, 2.45) is 0 Å². The zero-order valence-electron chi connectivity index (χ0n) is 11.4. The lowest BCUT2D eigenvalue weighted by Gasteiger charge is -2.06. The fraction of sp³-hybridized carbons (Fsp3) is 0.214. The second kappa shape index (κ2) is 6.98. The third-order valence-corrected chi connectivity index (χ3v) is 5.77. The Labute approximate surface area is 135 Å². The van der Waals surface area contributed by atoms with Crippen LogP contribution in [0.2, 0.25) is 0 Å². The van der Waals surface area contributed by atoms with Gasteiger partial charge in [-0.2, -0.15) is 5.26 Å². The van der Waals surface area contributed by atoms with E-state index in [9.17, 15) is 10.1 Å². The minimum atomic E-state index is -0.965. The van der Waals surface area contributed by atoms with Gasteiger partial charge in [-0.15, -0.1) is 23.1 Å². The van der Waals surface area contributed by atoms with Crippen molar-refractivity contribution in [2.75, 3.05) is 5.75 Å². The molecule has 2 aromatic rings. The summed E-state index contributed by atoms with van der Waals surface area (Å²) < 4.78 is 0.639. The minimum Gasteiger partial charge on any atom is -0.477 e. The molecule has 108 valence electrons. The molecular formula is C14H12N2O2S3. The smallest absolute Gasteiger partial charge is 0.347 e. The molecule has 4 nitrogen and oxygen atoms in total. The average Bonchev–Trinajstić information content (AvgIpc) is 2.80. The van der Waals surface area contributed by atoms with Gasteiger partial charge in [0.15, 0.2) is 4.34 Å². The SMILES string of the molecule is CCSc1cccc(Sc2nc(C)c(C(=O)O)s2)c1C#N. The molecule has 1 heterocycles. The molecule has 0 atom stereocenters. The first kappa shape index (κ1) is 15.9.